The van der Waals surface area contributed by atoms with Crippen molar-refractivity contribution in [1.29, 1.82) is 0 Å². The van der Waals surface area contributed by atoms with Gasteiger partial charge in [0.15, 0.2) is 11.4 Å². The molecule has 8 nitrogen and oxygen atoms in total. The Balaban J connectivity index is 1.37. The number of ether oxygens (including phenoxy) is 1. The number of rotatable bonds is 7. The van der Waals surface area contributed by atoms with Crippen LogP contribution in [0.15, 0.2) is 71.8 Å². The Morgan fingerprint density at radius 3 is 2.50 bits per heavy atom. The normalized spacial score (nSPS) is 12.1. The van der Waals surface area contributed by atoms with Gasteiger partial charge in [-0.3, -0.25) is 9.59 Å². The number of hydrogen-bond acceptors (Lipinski definition) is 6. The summed E-state index contributed by atoms with van der Waals surface area (Å²) in [6, 6.07) is 12.0. The second-order valence-electron chi connectivity index (χ2n) is 10.7. The summed E-state index contributed by atoms with van der Waals surface area (Å²) >= 11 is 0. The molecule has 3 heterocycles. The molecule has 5 rings (SSSR count). The summed E-state index contributed by atoms with van der Waals surface area (Å²) in [5.41, 5.74) is 0.0618. The molecule has 0 aliphatic heterocycles. The molecule has 0 spiro atoms. The van der Waals surface area contributed by atoms with Crippen LogP contribution >= 0.6 is 0 Å². The Morgan fingerprint density at radius 2 is 1.79 bits per heavy atom. The molecule has 0 unspecified atom stereocenters. The third-order valence-corrected chi connectivity index (χ3v) is 6.43. The lowest BCUT2D eigenvalue weighted by atomic mass is 9.92. The van der Waals surface area contributed by atoms with Gasteiger partial charge in [-0.2, -0.15) is 18.3 Å². The lowest BCUT2D eigenvalue weighted by Gasteiger charge is -2.14. The van der Waals surface area contributed by atoms with Gasteiger partial charge >= 0.3 is 6.18 Å². The van der Waals surface area contributed by atoms with Gasteiger partial charge in [-0.25, -0.2) is 19.0 Å². The number of carbonyl (C=O) groups excluding carboxylic acids is 1. The van der Waals surface area contributed by atoms with Crippen LogP contribution in [0.2, 0.25) is 0 Å². The second-order valence-corrected chi connectivity index (χ2v) is 10.7. The zero-order valence-corrected chi connectivity index (χ0v) is 22.8. The smallest absolute Gasteiger partial charge is 0.416 e. The number of fused-ring (bicyclic) bond motifs is 1. The van der Waals surface area contributed by atoms with Gasteiger partial charge < -0.3 is 9.72 Å². The highest BCUT2D eigenvalue weighted by Gasteiger charge is 2.31. The van der Waals surface area contributed by atoms with E-state index < -0.39 is 28.5 Å². The first-order chi connectivity index (χ1) is 19.8. The Hall–Kier alpha value is -4.87. The number of Topliss-reactive ketones (excluding diaryl/α,β-unsaturated/α-hetero) is 1. The van der Waals surface area contributed by atoms with Crippen LogP contribution in [-0.2, 0) is 29.2 Å². The van der Waals surface area contributed by atoms with Crippen LogP contribution in [0.25, 0.3) is 16.9 Å². The average Bonchev–Trinajstić information content (AvgIpc) is 3.34. The Morgan fingerprint density at radius 1 is 1.00 bits per heavy atom. The summed E-state index contributed by atoms with van der Waals surface area (Å²) in [4.78, 5) is 35.2. The van der Waals surface area contributed by atoms with Crippen LogP contribution in [0.1, 0.15) is 43.3 Å². The van der Waals surface area contributed by atoms with Crippen molar-refractivity contribution >= 4 is 16.9 Å². The number of aromatic amines is 1. The summed E-state index contributed by atoms with van der Waals surface area (Å²) in [6.07, 6.45) is -2.49. The van der Waals surface area contributed by atoms with E-state index in [2.05, 4.69) is 20.1 Å². The predicted octanol–water partition coefficient (Wildman–Crippen LogP) is 6.11. The van der Waals surface area contributed by atoms with Crippen LogP contribution in [-0.4, -0.2) is 30.5 Å². The monoisotopic (exact) mass is 579 g/mol. The van der Waals surface area contributed by atoms with Crippen LogP contribution in [0.4, 0.5) is 17.6 Å². The van der Waals surface area contributed by atoms with Gasteiger partial charge in [0.1, 0.15) is 22.9 Å². The average molecular weight is 580 g/mol. The SMILES string of the molecule is CC(C)(C)c1cc(CC(=O)Cc2ccc(Oc3ccnc4[nH]c(=O)cnc34)cc2F)n(-c2cccc(C(F)(F)F)c2)n1. The summed E-state index contributed by atoms with van der Waals surface area (Å²) in [5, 5.41) is 4.51. The minimum Gasteiger partial charge on any atom is -0.455 e. The highest BCUT2D eigenvalue weighted by Crippen LogP contribution is 2.32. The van der Waals surface area contributed by atoms with Crippen LogP contribution in [0, 0.1) is 5.82 Å². The number of pyridine rings is 1. The number of carbonyl (C=O) groups is 1. The van der Waals surface area contributed by atoms with Crippen molar-refractivity contribution in [2.75, 3.05) is 0 Å². The van der Waals surface area contributed by atoms with Crippen LogP contribution in [0.3, 0.4) is 0 Å². The summed E-state index contributed by atoms with van der Waals surface area (Å²) in [6.45, 7) is 5.71. The van der Waals surface area contributed by atoms with Gasteiger partial charge in [-0.1, -0.05) is 32.9 Å². The quantitative estimate of drug-likeness (QED) is 0.234. The van der Waals surface area contributed by atoms with Crippen LogP contribution in [0.5, 0.6) is 11.5 Å². The Bertz CT molecular complexity index is 1850. The molecule has 2 aromatic carbocycles. The van der Waals surface area contributed by atoms with Crippen LogP contribution < -0.4 is 10.3 Å². The molecule has 0 fully saturated rings. The third-order valence-electron chi connectivity index (χ3n) is 6.43. The van der Waals surface area contributed by atoms with E-state index >= 15 is 4.39 Å². The van der Waals surface area contributed by atoms with Crippen molar-refractivity contribution in [2.45, 2.75) is 45.2 Å². The molecule has 0 bridgehead atoms. The number of aromatic nitrogens is 5. The third kappa shape index (κ3) is 6.22. The summed E-state index contributed by atoms with van der Waals surface area (Å²) in [5.74, 6) is -0.648. The second kappa shape index (κ2) is 10.8. The fourth-order valence-electron chi connectivity index (χ4n) is 4.30. The van der Waals surface area contributed by atoms with E-state index in [9.17, 15) is 22.8 Å². The Labute approximate surface area is 237 Å². The number of nitrogens with zero attached hydrogens (tertiary/aromatic N) is 4. The largest absolute Gasteiger partial charge is 0.455 e. The van der Waals surface area contributed by atoms with Gasteiger partial charge in [-0.15, -0.1) is 0 Å². The highest BCUT2D eigenvalue weighted by atomic mass is 19.4. The maximum Gasteiger partial charge on any atom is 0.416 e. The minimum absolute atomic E-state index is 0.121. The van der Waals surface area contributed by atoms with Crippen molar-refractivity contribution in [3.05, 3.63) is 106 Å². The number of alkyl halides is 3. The summed E-state index contributed by atoms with van der Waals surface area (Å²) < 4.78 is 62.2. The molecule has 216 valence electrons. The fourth-order valence-corrected chi connectivity index (χ4v) is 4.30. The molecule has 0 amide bonds. The molecule has 12 heteroatoms. The molecule has 0 saturated heterocycles. The molecule has 1 N–H and O–H groups in total. The number of benzene rings is 2. The molecule has 0 aliphatic carbocycles. The fraction of sp³-hybridized carbons (Fsp3) is 0.233. The molecule has 0 saturated carbocycles. The number of ketones is 1. The van der Waals surface area contributed by atoms with Gasteiger partial charge in [0.25, 0.3) is 5.56 Å². The van der Waals surface area contributed by atoms with E-state index in [0.29, 0.717) is 11.4 Å². The van der Waals surface area contributed by atoms with Crippen molar-refractivity contribution in [3.63, 3.8) is 0 Å². The standard InChI is InChI=1S/C30H25F4N5O3/c1-29(2,3)25-14-20(39(38-25)19-6-4-5-18(12-19)30(32,33)34)13-21(40)11-17-7-8-22(15-23(17)31)42-24-9-10-35-28-27(24)36-16-26(41)37-28/h4-10,12,14-16H,11,13H2,1-3H3,(H,35,37,41). The molecule has 0 aliphatic rings. The van der Waals surface area contributed by atoms with Crippen molar-refractivity contribution < 1.29 is 27.1 Å². The number of halogens is 4. The van der Waals surface area contributed by atoms with E-state index in [1.807, 2.05) is 20.8 Å². The van der Waals surface area contributed by atoms with Crippen molar-refractivity contribution in [1.82, 2.24) is 24.7 Å². The lowest BCUT2D eigenvalue weighted by Crippen LogP contribution is -2.14. The zero-order valence-electron chi connectivity index (χ0n) is 22.8. The van der Waals surface area contributed by atoms with Gasteiger partial charge in [-0.05, 0) is 35.9 Å². The van der Waals surface area contributed by atoms with E-state index in [1.54, 1.807) is 6.07 Å². The van der Waals surface area contributed by atoms with E-state index in [0.717, 1.165) is 24.4 Å². The van der Waals surface area contributed by atoms with Gasteiger partial charge in [0, 0.05) is 36.6 Å². The first kappa shape index (κ1) is 28.7. The van der Waals surface area contributed by atoms with Crippen molar-refractivity contribution in [3.8, 4) is 17.2 Å². The molecular weight excluding hydrogens is 554 g/mol. The first-order valence-corrected chi connectivity index (χ1v) is 12.9. The van der Waals surface area contributed by atoms with Gasteiger partial charge in [0.2, 0.25) is 0 Å². The molecule has 0 atom stereocenters. The topological polar surface area (TPSA) is 103 Å². The number of H-pyrrole nitrogens is 1. The van der Waals surface area contributed by atoms with E-state index in [1.165, 1.54) is 41.2 Å². The number of hydrogen-bond donors (Lipinski definition) is 1. The number of nitrogens with one attached hydrogen (secondary N) is 1. The molecule has 42 heavy (non-hydrogen) atoms. The maximum absolute atomic E-state index is 15.0. The zero-order chi connectivity index (χ0) is 30.2. The van der Waals surface area contributed by atoms with E-state index in [4.69, 9.17) is 4.74 Å². The van der Waals surface area contributed by atoms with Crippen molar-refractivity contribution in [2.24, 2.45) is 0 Å². The van der Waals surface area contributed by atoms with E-state index in [-0.39, 0.29) is 52.5 Å². The van der Waals surface area contributed by atoms with Gasteiger partial charge in [0.05, 0.1) is 28.8 Å². The molecule has 5 aromatic rings. The summed E-state index contributed by atoms with van der Waals surface area (Å²) in [7, 11) is 0. The maximum atomic E-state index is 15.0. The predicted molar refractivity (Wildman–Crippen MR) is 146 cm³/mol. The molecule has 3 aromatic heterocycles. The first-order valence-electron chi connectivity index (χ1n) is 12.9. The molecular formula is C30H25F4N5O3. The Kier molecular flexibility index (Phi) is 7.40. The molecule has 0 radical (unpaired) electrons. The minimum atomic E-state index is -4.54. The highest BCUT2D eigenvalue weighted by molar-refractivity contribution is 5.83. The lowest BCUT2D eigenvalue weighted by molar-refractivity contribution is -0.137.